The first-order valence-electron chi connectivity index (χ1n) is 6.05. The highest BCUT2D eigenvalue weighted by Gasteiger charge is 2.23. The van der Waals surface area contributed by atoms with Gasteiger partial charge < -0.3 is 15.0 Å². The number of nitrogens with zero attached hydrogens (tertiary/aromatic N) is 2. The van der Waals surface area contributed by atoms with Crippen molar-refractivity contribution in [2.24, 2.45) is 5.92 Å². The highest BCUT2D eigenvalue weighted by atomic mass is 19.1. The van der Waals surface area contributed by atoms with Gasteiger partial charge in [0.15, 0.2) is 0 Å². The van der Waals surface area contributed by atoms with E-state index in [1.165, 1.54) is 7.11 Å². The molecule has 0 bridgehead atoms. The fourth-order valence-corrected chi connectivity index (χ4v) is 1.87. The number of ether oxygens (including phenoxy) is 1. The molecule has 0 aliphatic carbocycles. The number of methoxy groups -OCH3 is 1. The van der Waals surface area contributed by atoms with Crippen LogP contribution in [-0.4, -0.2) is 17.3 Å². The maximum atomic E-state index is 13.7. The minimum Gasteiger partial charge on any atom is -0.396 e. The van der Waals surface area contributed by atoms with E-state index in [0.29, 0.717) is 11.9 Å². The first kappa shape index (κ1) is 14.4. The lowest BCUT2D eigenvalue weighted by atomic mass is 10.1. The summed E-state index contributed by atoms with van der Waals surface area (Å²) in [6.45, 7) is 3.86. The summed E-state index contributed by atoms with van der Waals surface area (Å²) in [6.07, 6.45) is -0.367. The molecule has 1 atom stereocenters. The Morgan fingerprint density at radius 1 is 1.25 bits per heavy atom. The first-order valence-corrected chi connectivity index (χ1v) is 6.05. The molecule has 0 radical (unpaired) electrons. The molecule has 1 unspecified atom stereocenters. The molecule has 0 aliphatic rings. The van der Waals surface area contributed by atoms with Crippen LogP contribution in [0, 0.1) is 17.6 Å². The van der Waals surface area contributed by atoms with Gasteiger partial charge in [0.25, 0.3) is 5.89 Å². The highest BCUT2D eigenvalue weighted by molar-refractivity contribution is 5.61. The second kappa shape index (κ2) is 5.54. The summed E-state index contributed by atoms with van der Waals surface area (Å²) in [5.41, 5.74) is 5.18. The summed E-state index contributed by atoms with van der Waals surface area (Å²) in [7, 11) is 1.52. The zero-order valence-corrected chi connectivity index (χ0v) is 11.4. The fraction of sp³-hybridized carbons (Fsp3) is 0.385. The standard InChI is InChI=1S/C13H15F2N3O2/c1-6(2)11(19-3)12-17-13(20-18-12)7-4-10(16)9(15)5-8(7)14/h4-6,11H,16H2,1-3H3. The molecule has 0 aliphatic heterocycles. The van der Waals surface area contributed by atoms with Gasteiger partial charge in [-0.1, -0.05) is 19.0 Å². The SMILES string of the molecule is COC(c1noc(-c2cc(N)c(F)cc2F)n1)C(C)C. The van der Waals surface area contributed by atoms with E-state index in [2.05, 4.69) is 10.1 Å². The van der Waals surface area contributed by atoms with E-state index in [9.17, 15) is 8.78 Å². The molecule has 0 saturated heterocycles. The third-order valence-electron chi connectivity index (χ3n) is 2.87. The largest absolute Gasteiger partial charge is 0.396 e. The number of aromatic nitrogens is 2. The van der Waals surface area contributed by atoms with Crippen molar-refractivity contribution >= 4 is 5.69 Å². The van der Waals surface area contributed by atoms with Crippen LogP contribution in [0.15, 0.2) is 16.7 Å². The average molecular weight is 283 g/mol. The summed E-state index contributed by atoms with van der Waals surface area (Å²) in [4.78, 5) is 4.08. The molecule has 2 rings (SSSR count). The molecule has 0 saturated carbocycles. The van der Waals surface area contributed by atoms with Gasteiger partial charge in [-0.25, -0.2) is 8.78 Å². The Bertz CT molecular complexity index is 614. The number of nitrogen functional groups attached to an aromatic ring is 1. The van der Waals surface area contributed by atoms with E-state index in [4.69, 9.17) is 15.0 Å². The lowest BCUT2D eigenvalue weighted by Crippen LogP contribution is -2.10. The van der Waals surface area contributed by atoms with E-state index in [1.54, 1.807) is 0 Å². The van der Waals surface area contributed by atoms with Gasteiger partial charge in [0.1, 0.15) is 17.7 Å². The Hall–Kier alpha value is -2.02. The molecule has 0 spiro atoms. The molecule has 20 heavy (non-hydrogen) atoms. The molecular weight excluding hydrogens is 268 g/mol. The van der Waals surface area contributed by atoms with Crippen molar-refractivity contribution in [2.45, 2.75) is 20.0 Å². The van der Waals surface area contributed by atoms with E-state index >= 15 is 0 Å². The van der Waals surface area contributed by atoms with Crippen molar-refractivity contribution in [2.75, 3.05) is 12.8 Å². The van der Waals surface area contributed by atoms with Crippen LogP contribution in [0.1, 0.15) is 25.8 Å². The van der Waals surface area contributed by atoms with Crippen LogP contribution >= 0.6 is 0 Å². The molecular formula is C13H15F2N3O2. The van der Waals surface area contributed by atoms with Crippen molar-refractivity contribution in [1.29, 1.82) is 0 Å². The smallest absolute Gasteiger partial charge is 0.261 e. The molecule has 1 heterocycles. The minimum atomic E-state index is -0.831. The molecule has 2 aromatic rings. The number of nitrogens with two attached hydrogens (primary N) is 1. The van der Waals surface area contributed by atoms with E-state index < -0.39 is 11.6 Å². The van der Waals surface area contributed by atoms with Gasteiger partial charge in [0.05, 0.1) is 11.3 Å². The summed E-state index contributed by atoms with van der Waals surface area (Å²) in [5, 5.41) is 3.77. The third-order valence-corrected chi connectivity index (χ3v) is 2.87. The Morgan fingerprint density at radius 3 is 2.55 bits per heavy atom. The van der Waals surface area contributed by atoms with Crippen LogP contribution in [0.2, 0.25) is 0 Å². The average Bonchev–Trinajstić information content (AvgIpc) is 2.83. The fourth-order valence-electron chi connectivity index (χ4n) is 1.87. The number of hydrogen-bond acceptors (Lipinski definition) is 5. The lowest BCUT2D eigenvalue weighted by molar-refractivity contribution is 0.0556. The lowest BCUT2D eigenvalue weighted by Gasteiger charge is -2.14. The van der Waals surface area contributed by atoms with Crippen LogP contribution in [0.4, 0.5) is 14.5 Å². The molecule has 5 nitrogen and oxygen atoms in total. The number of halogens is 2. The quantitative estimate of drug-likeness (QED) is 0.873. The van der Waals surface area contributed by atoms with Crippen molar-refractivity contribution in [3.63, 3.8) is 0 Å². The Balaban J connectivity index is 2.41. The van der Waals surface area contributed by atoms with Crippen LogP contribution in [0.5, 0.6) is 0 Å². The van der Waals surface area contributed by atoms with E-state index in [0.717, 1.165) is 6.07 Å². The van der Waals surface area contributed by atoms with Gasteiger partial charge in [-0.3, -0.25) is 0 Å². The van der Waals surface area contributed by atoms with E-state index in [-0.39, 0.29) is 29.2 Å². The zero-order valence-electron chi connectivity index (χ0n) is 11.4. The number of rotatable bonds is 4. The zero-order chi connectivity index (χ0) is 14.9. The predicted molar refractivity (Wildman–Crippen MR) is 68.7 cm³/mol. The topological polar surface area (TPSA) is 74.2 Å². The molecule has 1 aromatic heterocycles. The maximum absolute atomic E-state index is 13.7. The number of hydrogen-bond donors (Lipinski definition) is 1. The van der Waals surface area contributed by atoms with E-state index in [1.807, 2.05) is 13.8 Å². The summed E-state index contributed by atoms with van der Waals surface area (Å²) < 4.78 is 37.1. The molecule has 1 aromatic carbocycles. The van der Waals surface area contributed by atoms with Gasteiger partial charge in [-0.2, -0.15) is 4.98 Å². The highest BCUT2D eigenvalue weighted by Crippen LogP contribution is 2.28. The Labute approximate surface area is 114 Å². The first-order chi connectivity index (χ1) is 9.43. The van der Waals surface area contributed by atoms with Crippen molar-refractivity contribution in [1.82, 2.24) is 10.1 Å². The maximum Gasteiger partial charge on any atom is 0.261 e. The summed E-state index contributed by atoms with van der Waals surface area (Å²) in [5.74, 6) is -1.28. The monoisotopic (exact) mass is 283 g/mol. The van der Waals surface area contributed by atoms with Crippen molar-refractivity contribution in [3.05, 3.63) is 29.6 Å². The normalized spacial score (nSPS) is 12.9. The minimum absolute atomic E-state index is 0.0405. The van der Waals surface area contributed by atoms with Crippen molar-refractivity contribution in [3.8, 4) is 11.5 Å². The van der Waals surface area contributed by atoms with Gasteiger partial charge in [0.2, 0.25) is 5.82 Å². The summed E-state index contributed by atoms with van der Waals surface area (Å²) >= 11 is 0. The molecule has 0 fully saturated rings. The molecule has 0 amide bonds. The second-order valence-electron chi connectivity index (χ2n) is 4.71. The van der Waals surface area contributed by atoms with Gasteiger partial charge in [-0.05, 0) is 12.0 Å². The number of benzene rings is 1. The van der Waals surface area contributed by atoms with Gasteiger partial charge >= 0.3 is 0 Å². The predicted octanol–water partition coefficient (Wildman–Crippen LogP) is 2.94. The van der Waals surface area contributed by atoms with Crippen LogP contribution in [-0.2, 0) is 4.74 Å². The Kier molecular flexibility index (Phi) is 3.99. The Morgan fingerprint density at radius 2 is 1.95 bits per heavy atom. The van der Waals surface area contributed by atoms with Gasteiger partial charge in [-0.15, -0.1) is 0 Å². The van der Waals surface area contributed by atoms with Crippen molar-refractivity contribution < 1.29 is 18.0 Å². The van der Waals surface area contributed by atoms with Crippen LogP contribution in [0.25, 0.3) is 11.5 Å². The van der Waals surface area contributed by atoms with Crippen LogP contribution < -0.4 is 5.73 Å². The number of anilines is 1. The molecule has 7 heteroatoms. The molecule has 108 valence electrons. The third kappa shape index (κ3) is 2.62. The second-order valence-corrected chi connectivity index (χ2v) is 4.71. The molecule has 2 N–H and O–H groups in total. The van der Waals surface area contributed by atoms with Gasteiger partial charge in [0, 0.05) is 13.2 Å². The summed E-state index contributed by atoms with van der Waals surface area (Å²) in [6, 6.07) is 1.81. The van der Waals surface area contributed by atoms with Crippen LogP contribution in [0.3, 0.4) is 0 Å².